The SMILES string of the molecule is COC(=O)[C@]1(CC(=O)N2CCC(C)CC2)C(=O)C[C@H]2CC[C@H]1N2Cc1ccc(F)cc1. The van der Waals surface area contributed by atoms with Crippen LogP contribution < -0.4 is 0 Å². The third-order valence-electron chi connectivity index (χ3n) is 7.52. The number of ketones is 1. The average Bonchev–Trinajstić information content (AvgIpc) is 3.08. The Morgan fingerprint density at radius 3 is 2.45 bits per heavy atom. The van der Waals surface area contributed by atoms with E-state index in [0.29, 0.717) is 32.0 Å². The number of hydrogen-bond acceptors (Lipinski definition) is 5. The summed E-state index contributed by atoms with van der Waals surface area (Å²) in [5.74, 6) is -0.646. The molecule has 2 bridgehead atoms. The molecule has 0 aromatic heterocycles. The summed E-state index contributed by atoms with van der Waals surface area (Å²) >= 11 is 0. The molecule has 3 aliphatic heterocycles. The van der Waals surface area contributed by atoms with Gasteiger partial charge in [0.2, 0.25) is 5.91 Å². The molecule has 1 aromatic carbocycles. The number of likely N-dealkylation sites (tertiary alicyclic amines) is 1. The second-order valence-electron chi connectivity index (χ2n) is 9.38. The molecule has 168 valence electrons. The number of rotatable bonds is 5. The van der Waals surface area contributed by atoms with E-state index in [1.165, 1.54) is 19.2 Å². The van der Waals surface area contributed by atoms with E-state index in [4.69, 9.17) is 4.74 Å². The number of fused-ring (bicyclic) bond motifs is 2. The predicted molar refractivity (Wildman–Crippen MR) is 112 cm³/mol. The molecule has 1 aromatic rings. The number of Topliss-reactive ketones (excluding diaryl/α,β-unsaturated/α-hetero) is 1. The summed E-state index contributed by atoms with van der Waals surface area (Å²) in [7, 11) is 1.29. The Bertz CT molecular complexity index is 850. The largest absolute Gasteiger partial charge is 0.468 e. The van der Waals surface area contributed by atoms with Gasteiger partial charge in [-0.1, -0.05) is 19.1 Å². The Kier molecular flexibility index (Phi) is 6.15. The Morgan fingerprint density at radius 1 is 1.13 bits per heavy atom. The molecule has 3 aliphatic rings. The van der Waals surface area contributed by atoms with E-state index in [9.17, 15) is 18.8 Å². The number of piperidine rings is 2. The zero-order valence-corrected chi connectivity index (χ0v) is 18.3. The second-order valence-corrected chi connectivity index (χ2v) is 9.38. The molecular formula is C24H31FN2O4. The fourth-order valence-electron chi connectivity index (χ4n) is 5.64. The third kappa shape index (κ3) is 4.00. The monoisotopic (exact) mass is 430 g/mol. The summed E-state index contributed by atoms with van der Waals surface area (Å²) in [5.41, 5.74) is -0.551. The molecule has 6 nitrogen and oxygen atoms in total. The van der Waals surface area contributed by atoms with Gasteiger partial charge in [-0.15, -0.1) is 0 Å². The van der Waals surface area contributed by atoms with Crippen LogP contribution in [0.4, 0.5) is 4.39 Å². The normalized spacial score (nSPS) is 29.3. The zero-order valence-electron chi connectivity index (χ0n) is 18.3. The minimum Gasteiger partial charge on any atom is -0.468 e. The van der Waals surface area contributed by atoms with Crippen LogP contribution in [-0.2, 0) is 25.7 Å². The molecule has 0 saturated carbocycles. The fourth-order valence-corrected chi connectivity index (χ4v) is 5.64. The molecule has 3 atom stereocenters. The topological polar surface area (TPSA) is 66.9 Å². The lowest BCUT2D eigenvalue weighted by Crippen LogP contribution is -2.61. The quantitative estimate of drug-likeness (QED) is 0.531. The number of benzene rings is 1. The third-order valence-corrected chi connectivity index (χ3v) is 7.52. The van der Waals surface area contributed by atoms with Crippen LogP contribution in [0.5, 0.6) is 0 Å². The number of carbonyl (C=O) groups excluding carboxylic acids is 3. The Labute approximate surface area is 182 Å². The van der Waals surface area contributed by atoms with Gasteiger partial charge in [-0.2, -0.15) is 0 Å². The van der Waals surface area contributed by atoms with Crippen molar-refractivity contribution in [2.45, 2.75) is 64.1 Å². The Hall–Kier alpha value is -2.28. The van der Waals surface area contributed by atoms with Crippen LogP contribution in [0.1, 0.15) is 51.0 Å². The van der Waals surface area contributed by atoms with E-state index in [-0.39, 0.29) is 42.4 Å². The van der Waals surface area contributed by atoms with Gasteiger partial charge in [0.1, 0.15) is 5.82 Å². The highest BCUT2D eigenvalue weighted by Crippen LogP contribution is 2.48. The van der Waals surface area contributed by atoms with Gasteiger partial charge in [0, 0.05) is 38.1 Å². The number of ether oxygens (including phenoxy) is 1. The van der Waals surface area contributed by atoms with Gasteiger partial charge >= 0.3 is 5.97 Å². The molecule has 0 N–H and O–H groups in total. The van der Waals surface area contributed by atoms with Gasteiger partial charge in [-0.3, -0.25) is 19.3 Å². The molecule has 3 saturated heterocycles. The minimum absolute atomic E-state index is 0.0336. The first-order valence-corrected chi connectivity index (χ1v) is 11.2. The van der Waals surface area contributed by atoms with Gasteiger partial charge in [-0.05, 0) is 49.3 Å². The number of halogens is 1. The smallest absolute Gasteiger partial charge is 0.321 e. The number of hydrogen-bond donors (Lipinski definition) is 0. The van der Waals surface area contributed by atoms with Gasteiger partial charge in [0.05, 0.1) is 13.5 Å². The van der Waals surface area contributed by atoms with E-state index in [0.717, 1.165) is 24.8 Å². The predicted octanol–water partition coefficient (Wildman–Crippen LogP) is 2.94. The van der Waals surface area contributed by atoms with E-state index < -0.39 is 11.4 Å². The molecule has 0 radical (unpaired) electrons. The van der Waals surface area contributed by atoms with Crippen LogP contribution >= 0.6 is 0 Å². The van der Waals surface area contributed by atoms with Gasteiger partial charge in [-0.25, -0.2) is 4.39 Å². The maximum atomic E-state index is 13.3. The van der Waals surface area contributed by atoms with E-state index in [1.807, 2.05) is 0 Å². The summed E-state index contributed by atoms with van der Waals surface area (Å²) in [4.78, 5) is 43.6. The van der Waals surface area contributed by atoms with Crippen molar-refractivity contribution in [2.75, 3.05) is 20.2 Å². The number of esters is 1. The maximum Gasteiger partial charge on any atom is 0.321 e. The lowest BCUT2D eigenvalue weighted by Gasteiger charge is -2.46. The first kappa shape index (κ1) is 21.9. The lowest BCUT2D eigenvalue weighted by molar-refractivity contribution is -0.171. The lowest BCUT2D eigenvalue weighted by atomic mass is 9.69. The van der Waals surface area contributed by atoms with Crippen molar-refractivity contribution in [3.05, 3.63) is 35.6 Å². The van der Waals surface area contributed by atoms with Crippen molar-refractivity contribution in [1.82, 2.24) is 9.80 Å². The molecule has 31 heavy (non-hydrogen) atoms. The first-order valence-electron chi connectivity index (χ1n) is 11.2. The van der Waals surface area contributed by atoms with Crippen LogP contribution in [0.2, 0.25) is 0 Å². The van der Waals surface area contributed by atoms with Crippen molar-refractivity contribution in [1.29, 1.82) is 0 Å². The van der Waals surface area contributed by atoms with Crippen LogP contribution in [0.3, 0.4) is 0 Å². The number of methoxy groups -OCH3 is 1. The standard InChI is InChI=1S/C24H31FN2O4/c1-16-9-11-26(12-10-16)22(29)14-24(23(30)31-2)20-8-7-19(13-21(24)28)27(20)15-17-3-5-18(25)6-4-17/h3-6,16,19-20H,7-15H2,1-2H3/t19-,20-,24+/m1/s1. The highest BCUT2D eigenvalue weighted by atomic mass is 19.1. The second kappa shape index (κ2) is 8.69. The zero-order chi connectivity index (χ0) is 22.2. The molecule has 0 spiro atoms. The molecule has 0 aliphatic carbocycles. The highest BCUT2D eigenvalue weighted by Gasteiger charge is 2.62. The number of carbonyl (C=O) groups is 3. The molecule has 7 heteroatoms. The van der Waals surface area contributed by atoms with Crippen molar-refractivity contribution in [2.24, 2.45) is 11.3 Å². The molecule has 3 fully saturated rings. The number of amides is 1. The van der Waals surface area contributed by atoms with Gasteiger partial charge in [0.15, 0.2) is 11.2 Å². The van der Waals surface area contributed by atoms with E-state index >= 15 is 0 Å². The van der Waals surface area contributed by atoms with Gasteiger partial charge in [0.25, 0.3) is 0 Å². The highest BCUT2D eigenvalue weighted by molar-refractivity contribution is 6.08. The average molecular weight is 431 g/mol. The van der Waals surface area contributed by atoms with Crippen molar-refractivity contribution >= 4 is 17.7 Å². The number of nitrogens with zero attached hydrogens (tertiary/aromatic N) is 2. The molecule has 4 rings (SSSR count). The van der Waals surface area contributed by atoms with Crippen molar-refractivity contribution in [3.8, 4) is 0 Å². The molecular weight excluding hydrogens is 399 g/mol. The minimum atomic E-state index is -1.47. The van der Waals surface area contributed by atoms with Crippen LogP contribution in [0, 0.1) is 17.2 Å². The van der Waals surface area contributed by atoms with E-state index in [1.54, 1.807) is 17.0 Å². The van der Waals surface area contributed by atoms with Crippen molar-refractivity contribution in [3.63, 3.8) is 0 Å². The molecule has 1 amide bonds. The van der Waals surface area contributed by atoms with Crippen LogP contribution in [0.15, 0.2) is 24.3 Å². The van der Waals surface area contributed by atoms with Crippen LogP contribution in [0.25, 0.3) is 0 Å². The first-order chi connectivity index (χ1) is 14.8. The summed E-state index contributed by atoms with van der Waals surface area (Å²) in [6.07, 6.45) is 3.43. The Balaban J connectivity index is 1.61. The fraction of sp³-hybridized carbons (Fsp3) is 0.625. The summed E-state index contributed by atoms with van der Waals surface area (Å²) < 4.78 is 18.5. The maximum absolute atomic E-state index is 13.3. The van der Waals surface area contributed by atoms with Crippen LogP contribution in [-0.4, -0.2) is 59.7 Å². The Morgan fingerprint density at radius 2 is 1.81 bits per heavy atom. The molecule has 3 heterocycles. The summed E-state index contributed by atoms with van der Waals surface area (Å²) in [6, 6.07) is 5.94. The molecule has 0 unspecified atom stereocenters. The van der Waals surface area contributed by atoms with Gasteiger partial charge < -0.3 is 9.64 Å². The summed E-state index contributed by atoms with van der Waals surface area (Å²) in [5, 5.41) is 0. The van der Waals surface area contributed by atoms with E-state index in [2.05, 4.69) is 11.8 Å². The summed E-state index contributed by atoms with van der Waals surface area (Å²) in [6.45, 7) is 4.02. The van der Waals surface area contributed by atoms with Crippen molar-refractivity contribution < 1.29 is 23.5 Å².